The van der Waals surface area contributed by atoms with E-state index >= 15 is 0 Å². The first-order chi connectivity index (χ1) is 14.3. The van der Waals surface area contributed by atoms with Crippen molar-refractivity contribution in [3.63, 3.8) is 0 Å². The van der Waals surface area contributed by atoms with Crippen LogP contribution in [0.2, 0.25) is 0 Å². The topological polar surface area (TPSA) is 43.7 Å². The third-order valence-electron chi connectivity index (χ3n) is 5.10. The van der Waals surface area contributed by atoms with Crippen molar-refractivity contribution in [2.24, 2.45) is 0 Å². The van der Waals surface area contributed by atoms with Crippen molar-refractivity contribution in [1.29, 1.82) is 0 Å². The Hall–Kier alpha value is -2.36. The fourth-order valence-corrected chi connectivity index (χ4v) is 4.81. The minimum atomic E-state index is -4.86. The molecule has 1 aromatic carbocycles. The predicted molar refractivity (Wildman–Crippen MR) is 108 cm³/mol. The first kappa shape index (κ1) is 20.9. The van der Waals surface area contributed by atoms with Gasteiger partial charge in [0.25, 0.3) is 0 Å². The molecule has 0 atom stereocenters. The van der Waals surface area contributed by atoms with Crippen LogP contribution in [0, 0.1) is 6.92 Å². The van der Waals surface area contributed by atoms with Crippen LogP contribution >= 0.6 is 11.3 Å². The van der Waals surface area contributed by atoms with Crippen molar-refractivity contribution >= 4 is 27.3 Å². The monoisotopic (exact) mass is 438 g/mol. The Bertz CT molecular complexity index is 1050. The van der Waals surface area contributed by atoms with Gasteiger partial charge < -0.3 is 14.0 Å². The fourth-order valence-electron chi connectivity index (χ4n) is 3.63. The molecule has 3 aromatic rings. The number of alkyl halides is 3. The predicted octanol–water partition coefficient (Wildman–Crippen LogP) is 4.47. The molecule has 4 rings (SSSR count). The number of para-hydroxylation sites is 1. The highest BCUT2D eigenvalue weighted by Crippen LogP contribution is 2.33. The van der Waals surface area contributed by atoms with Gasteiger partial charge in [-0.05, 0) is 31.2 Å². The molecule has 0 bridgehead atoms. The number of ether oxygens (including phenoxy) is 2. The van der Waals surface area contributed by atoms with Gasteiger partial charge >= 0.3 is 6.36 Å². The number of carbonyl (C=O) groups excluding carboxylic acids is 1. The molecule has 30 heavy (non-hydrogen) atoms. The van der Waals surface area contributed by atoms with E-state index in [0.29, 0.717) is 4.88 Å². The van der Waals surface area contributed by atoms with Crippen LogP contribution in [0.25, 0.3) is 10.2 Å². The number of carbonyl (C=O) groups is 1. The quantitative estimate of drug-likeness (QED) is 0.533. The van der Waals surface area contributed by atoms with Gasteiger partial charge in [-0.2, -0.15) is 0 Å². The van der Waals surface area contributed by atoms with Crippen LogP contribution in [0.4, 0.5) is 13.2 Å². The number of benzene rings is 1. The first-order valence-electron chi connectivity index (χ1n) is 9.61. The third-order valence-corrected chi connectivity index (χ3v) is 6.27. The number of hydrogen-bond donors (Lipinski definition) is 0. The lowest BCUT2D eigenvalue weighted by Crippen LogP contribution is -2.38. The summed E-state index contributed by atoms with van der Waals surface area (Å²) in [7, 11) is 0. The lowest BCUT2D eigenvalue weighted by Gasteiger charge is -2.26. The Morgan fingerprint density at radius 1 is 1.17 bits per heavy atom. The largest absolute Gasteiger partial charge is 0.573 e. The average Bonchev–Trinajstić information content (AvgIpc) is 3.23. The number of morpholine rings is 1. The summed E-state index contributed by atoms with van der Waals surface area (Å²) in [6, 6.07) is 9.18. The summed E-state index contributed by atoms with van der Waals surface area (Å²) in [5.74, 6) is -0.965. The van der Waals surface area contributed by atoms with Gasteiger partial charge in [-0.1, -0.05) is 12.1 Å². The zero-order valence-electron chi connectivity index (χ0n) is 16.4. The number of halogens is 3. The zero-order valence-corrected chi connectivity index (χ0v) is 17.2. The summed E-state index contributed by atoms with van der Waals surface area (Å²) in [5, 5.41) is 0.914. The lowest BCUT2D eigenvalue weighted by atomic mass is 10.1. The van der Waals surface area contributed by atoms with Gasteiger partial charge in [-0.25, -0.2) is 0 Å². The van der Waals surface area contributed by atoms with Crippen LogP contribution in [0.5, 0.6) is 5.75 Å². The number of aromatic nitrogens is 1. The second kappa shape index (κ2) is 8.41. The summed E-state index contributed by atoms with van der Waals surface area (Å²) in [5.41, 5.74) is 0.986. The molecule has 5 nitrogen and oxygen atoms in total. The first-order valence-corrected chi connectivity index (χ1v) is 10.4. The van der Waals surface area contributed by atoms with E-state index in [1.807, 2.05) is 13.0 Å². The number of aryl methyl sites for hydroxylation is 1. The smallest absolute Gasteiger partial charge is 0.405 e. The Labute approximate surface area is 175 Å². The van der Waals surface area contributed by atoms with Crippen LogP contribution in [0.15, 0.2) is 36.4 Å². The molecular formula is C21H21F3N2O3S. The second-order valence-electron chi connectivity index (χ2n) is 7.14. The average molecular weight is 438 g/mol. The van der Waals surface area contributed by atoms with Gasteiger partial charge in [0.1, 0.15) is 10.6 Å². The van der Waals surface area contributed by atoms with Crippen LogP contribution in [-0.4, -0.2) is 54.5 Å². The van der Waals surface area contributed by atoms with Crippen molar-refractivity contribution < 1.29 is 27.4 Å². The molecule has 0 saturated carbocycles. The Balaban J connectivity index is 1.58. The van der Waals surface area contributed by atoms with E-state index in [2.05, 4.69) is 14.2 Å². The van der Waals surface area contributed by atoms with Crippen molar-refractivity contribution in [2.45, 2.75) is 19.8 Å². The van der Waals surface area contributed by atoms with Gasteiger partial charge in [0.2, 0.25) is 5.78 Å². The maximum atomic E-state index is 13.0. The zero-order chi connectivity index (χ0) is 21.3. The lowest BCUT2D eigenvalue weighted by molar-refractivity contribution is -0.274. The summed E-state index contributed by atoms with van der Waals surface area (Å²) >= 11 is 1.29. The summed E-state index contributed by atoms with van der Waals surface area (Å²) in [4.78, 5) is 16.6. The van der Waals surface area contributed by atoms with Crippen molar-refractivity contribution in [3.8, 4) is 5.75 Å². The van der Waals surface area contributed by atoms with Crippen molar-refractivity contribution in [1.82, 2.24) is 9.47 Å². The molecule has 1 fully saturated rings. The number of rotatable bonds is 6. The molecule has 0 amide bonds. The van der Waals surface area contributed by atoms with E-state index in [0.717, 1.165) is 61.4 Å². The van der Waals surface area contributed by atoms with Crippen LogP contribution in [0.1, 0.15) is 20.9 Å². The van der Waals surface area contributed by atoms with Gasteiger partial charge in [0.05, 0.1) is 23.7 Å². The molecule has 1 aliphatic rings. The fraction of sp³-hybridized carbons (Fsp3) is 0.381. The van der Waals surface area contributed by atoms with E-state index in [9.17, 15) is 18.0 Å². The molecule has 0 spiro atoms. The van der Waals surface area contributed by atoms with Crippen LogP contribution in [-0.2, 0) is 11.3 Å². The molecule has 0 radical (unpaired) electrons. The Kier molecular flexibility index (Phi) is 5.86. The minimum absolute atomic E-state index is 0.102. The summed E-state index contributed by atoms with van der Waals surface area (Å²) in [6.45, 7) is 6.92. The maximum absolute atomic E-state index is 13.0. The van der Waals surface area contributed by atoms with Crippen LogP contribution < -0.4 is 4.74 Å². The molecule has 9 heteroatoms. The highest BCUT2D eigenvalue weighted by Gasteiger charge is 2.33. The molecule has 2 aromatic heterocycles. The molecule has 0 aliphatic carbocycles. The third kappa shape index (κ3) is 4.53. The van der Waals surface area contributed by atoms with Gasteiger partial charge in [-0.15, -0.1) is 24.5 Å². The SMILES string of the molecule is Cc1cc2cc(C(=O)c3ccccc3OC(F)(F)F)sc2n1CCN1CCOCC1. The minimum Gasteiger partial charge on any atom is -0.405 e. The molecule has 0 N–H and O–H groups in total. The van der Waals surface area contributed by atoms with Crippen LogP contribution in [0.3, 0.4) is 0 Å². The van der Waals surface area contributed by atoms with Crippen molar-refractivity contribution in [3.05, 3.63) is 52.5 Å². The standard InChI is InChI=1S/C21H21F3N2O3S/c1-14-12-15-13-18(19(27)16-4-2-3-5-17(16)29-21(22,23)24)30-20(15)26(14)7-6-25-8-10-28-11-9-25/h2-5,12-13H,6-11H2,1H3. The normalized spacial score (nSPS) is 15.6. The number of ketones is 1. The van der Waals surface area contributed by atoms with E-state index in [-0.39, 0.29) is 5.56 Å². The maximum Gasteiger partial charge on any atom is 0.573 e. The van der Waals surface area contributed by atoms with Gasteiger partial charge in [0.15, 0.2) is 0 Å². The van der Waals surface area contributed by atoms with Crippen molar-refractivity contribution in [2.75, 3.05) is 32.8 Å². The highest BCUT2D eigenvalue weighted by atomic mass is 32.1. The number of nitrogens with zero attached hydrogens (tertiary/aromatic N) is 2. The van der Waals surface area contributed by atoms with Gasteiger partial charge in [0, 0.05) is 37.3 Å². The molecule has 160 valence electrons. The Morgan fingerprint density at radius 2 is 1.90 bits per heavy atom. The summed E-state index contributed by atoms with van der Waals surface area (Å²) in [6.07, 6.45) is -4.86. The molecule has 0 unspecified atom stereocenters. The molecule has 1 saturated heterocycles. The molecule has 1 aliphatic heterocycles. The Morgan fingerprint density at radius 3 is 2.63 bits per heavy atom. The van der Waals surface area contributed by atoms with E-state index in [1.165, 1.54) is 29.5 Å². The van der Waals surface area contributed by atoms with E-state index in [1.54, 1.807) is 6.07 Å². The van der Waals surface area contributed by atoms with E-state index in [4.69, 9.17) is 4.74 Å². The summed E-state index contributed by atoms with van der Waals surface area (Å²) < 4.78 is 49.7. The van der Waals surface area contributed by atoms with E-state index < -0.39 is 17.9 Å². The number of thiophene rings is 1. The molecule has 3 heterocycles. The van der Waals surface area contributed by atoms with Gasteiger partial charge in [-0.3, -0.25) is 9.69 Å². The molecular weight excluding hydrogens is 417 g/mol. The number of fused-ring (bicyclic) bond motifs is 1. The second-order valence-corrected chi connectivity index (χ2v) is 8.17. The number of hydrogen-bond acceptors (Lipinski definition) is 5. The highest BCUT2D eigenvalue weighted by molar-refractivity contribution is 7.20.